The Bertz CT molecular complexity index is 626. The molecule has 2 aromatic carbocycles. The molecule has 0 heterocycles. The highest BCUT2D eigenvalue weighted by Gasteiger charge is 2.16. The minimum Gasteiger partial charge on any atom is -0.409 e. The number of thioether (sulfide) groups is 1. The second-order valence-electron chi connectivity index (χ2n) is 5.08. The van der Waals surface area contributed by atoms with Gasteiger partial charge in [0.05, 0.1) is 0 Å². The molecule has 0 aliphatic heterocycles. The molecule has 0 aromatic heterocycles. The number of aryl methyl sites for hydroxylation is 2. The van der Waals surface area contributed by atoms with Gasteiger partial charge >= 0.3 is 0 Å². The molecule has 110 valence electrons. The van der Waals surface area contributed by atoms with Gasteiger partial charge in [-0.3, -0.25) is 0 Å². The highest BCUT2D eigenvalue weighted by atomic mass is 32.2. The zero-order valence-electron chi connectivity index (χ0n) is 12.3. The van der Waals surface area contributed by atoms with Crippen LogP contribution < -0.4 is 5.73 Å². The van der Waals surface area contributed by atoms with Crippen LogP contribution in [0.2, 0.25) is 0 Å². The molecular weight excluding hydrogens is 280 g/mol. The molecule has 0 fully saturated rings. The number of hydrogen-bond donors (Lipinski definition) is 2. The van der Waals surface area contributed by atoms with Gasteiger partial charge in [0, 0.05) is 16.6 Å². The van der Waals surface area contributed by atoms with Crippen molar-refractivity contribution in [2.75, 3.05) is 0 Å². The number of nitrogens with zero attached hydrogens (tertiary/aromatic N) is 1. The smallest absolute Gasteiger partial charge is 0.140 e. The van der Waals surface area contributed by atoms with Crippen LogP contribution >= 0.6 is 11.8 Å². The number of benzene rings is 2. The van der Waals surface area contributed by atoms with Gasteiger partial charge in [-0.05, 0) is 31.0 Å². The Morgan fingerprint density at radius 2 is 1.90 bits per heavy atom. The maximum atomic E-state index is 8.84. The number of nitrogens with two attached hydrogens (primary N) is 1. The SMILES string of the molecule is Cc1ccc(SC(CC(N)=NO)c2ccccc2)c(C)c1. The Hall–Kier alpha value is -1.94. The molecule has 2 aromatic rings. The highest BCUT2D eigenvalue weighted by Crippen LogP contribution is 2.39. The topological polar surface area (TPSA) is 58.6 Å². The summed E-state index contributed by atoms with van der Waals surface area (Å²) < 4.78 is 0. The van der Waals surface area contributed by atoms with Gasteiger partial charge in [0.15, 0.2) is 0 Å². The monoisotopic (exact) mass is 300 g/mol. The lowest BCUT2D eigenvalue weighted by atomic mass is 10.1. The van der Waals surface area contributed by atoms with Crippen molar-refractivity contribution < 1.29 is 5.21 Å². The lowest BCUT2D eigenvalue weighted by Crippen LogP contribution is -2.14. The van der Waals surface area contributed by atoms with E-state index in [0.717, 1.165) is 0 Å². The van der Waals surface area contributed by atoms with E-state index in [1.54, 1.807) is 11.8 Å². The predicted octanol–water partition coefficient (Wildman–Crippen LogP) is 4.27. The van der Waals surface area contributed by atoms with Gasteiger partial charge in [-0.15, -0.1) is 11.8 Å². The third-order valence-corrected chi connectivity index (χ3v) is 4.73. The fraction of sp³-hybridized carbons (Fsp3) is 0.235. The van der Waals surface area contributed by atoms with Crippen LogP contribution in [0.15, 0.2) is 58.6 Å². The first-order chi connectivity index (χ1) is 10.1. The molecule has 21 heavy (non-hydrogen) atoms. The lowest BCUT2D eigenvalue weighted by molar-refractivity contribution is 0.317. The van der Waals surface area contributed by atoms with E-state index in [-0.39, 0.29) is 11.1 Å². The number of hydrogen-bond acceptors (Lipinski definition) is 3. The average molecular weight is 300 g/mol. The van der Waals surface area contributed by atoms with Crippen LogP contribution in [0.3, 0.4) is 0 Å². The molecule has 1 unspecified atom stereocenters. The van der Waals surface area contributed by atoms with Crippen molar-refractivity contribution in [3.05, 3.63) is 65.2 Å². The molecular formula is C17H20N2OS. The Balaban J connectivity index is 2.27. The van der Waals surface area contributed by atoms with Gasteiger partial charge in [0.2, 0.25) is 0 Å². The van der Waals surface area contributed by atoms with Crippen LogP contribution in [0.5, 0.6) is 0 Å². The minimum atomic E-state index is 0.128. The molecule has 3 N–H and O–H groups in total. The molecule has 0 bridgehead atoms. The van der Waals surface area contributed by atoms with Crippen molar-refractivity contribution in [1.82, 2.24) is 0 Å². The quantitative estimate of drug-likeness (QED) is 0.285. The predicted molar refractivity (Wildman–Crippen MR) is 89.0 cm³/mol. The summed E-state index contributed by atoms with van der Waals surface area (Å²) in [5.74, 6) is 0.251. The lowest BCUT2D eigenvalue weighted by Gasteiger charge is -2.18. The van der Waals surface area contributed by atoms with E-state index < -0.39 is 0 Å². The van der Waals surface area contributed by atoms with Crippen molar-refractivity contribution >= 4 is 17.6 Å². The van der Waals surface area contributed by atoms with Gasteiger partial charge in [-0.25, -0.2) is 0 Å². The maximum absolute atomic E-state index is 8.84. The van der Waals surface area contributed by atoms with Gasteiger partial charge in [0.25, 0.3) is 0 Å². The van der Waals surface area contributed by atoms with Crippen molar-refractivity contribution in [3.63, 3.8) is 0 Å². The highest BCUT2D eigenvalue weighted by molar-refractivity contribution is 7.99. The van der Waals surface area contributed by atoms with Crippen molar-refractivity contribution in [2.24, 2.45) is 10.9 Å². The molecule has 1 atom stereocenters. The van der Waals surface area contributed by atoms with Gasteiger partial charge in [-0.1, -0.05) is 53.2 Å². The Morgan fingerprint density at radius 3 is 2.52 bits per heavy atom. The zero-order chi connectivity index (χ0) is 15.2. The van der Waals surface area contributed by atoms with Crippen LogP contribution in [0.4, 0.5) is 0 Å². The molecule has 0 aliphatic rings. The fourth-order valence-corrected chi connectivity index (χ4v) is 3.46. The maximum Gasteiger partial charge on any atom is 0.140 e. The molecule has 0 aliphatic carbocycles. The fourth-order valence-electron chi connectivity index (χ4n) is 2.21. The molecule has 0 spiro atoms. The largest absolute Gasteiger partial charge is 0.409 e. The summed E-state index contributed by atoms with van der Waals surface area (Å²) in [6, 6.07) is 16.6. The first kappa shape index (κ1) is 15.4. The van der Waals surface area contributed by atoms with Gasteiger partial charge < -0.3 is 10.9 Å². The summed E-state index contributed by atoms with van der Waals surface area (Å²) in [4.78, 5) is 1.22. The summed E-state index contributed by atoms with van der Waals surface area (Å²) in [7, 11) is 0. The summed E-state index contributed by atoms with van der Waals surface area (Å²) >= 11 is 1.75. The van der Waals surface area contributed by atoms with Crippen molar-refractivity contribution in [3.8, 4) is 0 Å². The zero-order valence-corrected chi connectivity index (χ0v) is 13.1. The van der Waals surface area contributed by atoms with Crippen LogP contribution in [0.25, 0.3) is 0 Å². The summed E-state index contributed by atoms with van der Waals surface area (Å²) in [5.41, 5.74) is 9.39. The Labute approximate surface area is 129 Å². The number of oxime groups is 1. The van der Waals surface area contributed by atoms with E-state index >= 15 is 0 Å². The second kappa shape index (κ2) is 7.18. The van der Waals surface area contributed by atoms with E-state index in [1.807, 2.05) is 18.2 Å². The van der Waals surface area contributed by atoms with E-state index in [0.29, 0.717) is 6.42 Å². The first-order valence-corrected chi connectivity index (χ1v) is 7.73. The van der Waals surface area contributed by atoms with Crippen molar-refractivity contribution in [1.29, 1.82) is 0 Å². The van der Waals surface area contributed by atoms with Crippen LogP contribution in [-0.4, -0.2) is 11.0 Å². The third-order valence-electron chi connectivity index (χ3n) is 3.29. The molecule has 0 radical (unpaired) electrons. The second-order valence-corrected chi connectivity index (χ2v) is 6.33. The molecule has 0 saturated carbocycles. The van der Waals surface area contributed by atoms with Crippen LogP contribution in [0.1, 0.15) is 28.4 Å². The van der Waals surface area contributed by atoms with Crippen molar-refractivity contribution in [2.45, 2.75) is 30.4 Å². The Kier molecular flexibility index (Phi) is 5.28. The average Bonchev–Trinajstić information content (AvgIpc) is 2.49. The normalized spacial score (nSPS) is 13.1. The summed E-state index contributed by atoms with van der Waals surface area (Å²) in [6.45, 7) is 4.20. The van der Waals surface area contributed by atoms with E-state index in [4.69, 9.17) is 10.9 Å². The van der Waals surface area contributed by atoms with E-state index in [1.165, 1.54) is 21.6 Å². The number of amidine groups is 1. The van der Waals surface area contributed by atoms with Gasteiger partial charge in [-0.2, -0.15) is 0 Å². The summed E-state index contributed by atoms with van der Waals surface area (Å²) in [6.07, 6.45) is 0.512. The number of rotatable bonds is 5. The van der Waals surface area contributed by atoms with E-state index in [2.05, 4.69) is 49.3 Å². The summed E-state index contributed by atoms with van der Waals surface area (Å²) in [5, 5.41) is 12.1. The molecule has 2 rings (SSSR count). The van der Waals surface area contributed by atoms with Crippen LogP contribution in [0, 0.1) is 13.8 Å². The minimum absolute atomic E-state index is 0.128. The molecule has 0 amide bonds. The standard InChI is InChI=1S/C17H20N2OS/c1-12-8-9-15(13(2)10-12)21-16(11-17(18)19-20)14-6-4-3-5-7-14/h3-10,16,20H,11H2,1-2H3,(H2,18,19). The van der Waals surface area contributed by atoms with Gasteiger partial charge in [0.1, 0.15) is 5.84 Å². The Morgan fingerprint density at radius 1 is 1.19 bits per heavy atom. The third kappa shape index (κ3) is 4.26. The molecule has 4 heteroatoms. The first-order valence-electron chi connectivity index (χ1n) is 6.85. The van der Waals surface area contributed by atoms with Crippen LogP contribution in [-0.2, 0) is 0 Å². The van der Waals surface area contributed by atoms with E-state index in [9.17, 15) is 0 Å². The molecule has 0 saturated heterocycles. The molecule has 3 nitrogen and oxygen atoms in total.